The summed E-state index contributed by atoms with van der Waals surface area (Å²) in [5.41, 5.74) is 0. The van der Waals surface area contributed by atoms with Crippen molar-refractivity contribution in [1.29, 1.82) is 0 Å². The van der Waals surface area contributed by atoms with Gasteiger partial charge in [0.2, 0.25) is 5.91 Å². The molecule has 92 valence electrons. The van der Waals surface area contributed by atoms with Crippen molar-refractivity contribution in [3.63, 3.8) is 0 Å². The highest BCUT2D eigenvalue weighted by atomic mass is 32.2. The maximum absolute atomic E-state index is 11.8. The Morgan fingerprint density at radius 2 is 1.94 bits per heavy atom. The number of benzene rings is 1. The van der Waals surface area contributed by atoms with Crippen LogP contribution < -0.4 is 5.32 Å². The fraction of sp³-hybridized carbons (Fsp3) is 0.250. The van der Waals surface area contributed by atoms with Gasteiger partial charge >= 0.3 is 0 Å². The largest absolute Gasteiger partial charge is 0.353 e. The molecule has 5 heteroatoms. The van der Waals surface area contributed by atoms with Crippen molar-refractivity contribution in [2.24, 2.45) is 0 Å². The van der Waals surface area contributed by atoms with Gasteiger partial charge in [-0.25, -0.2) is 8.42 Å². The van der Waals surface area contributed by atoms with E-state index in [4.69, 9.17) is 0 Å². The molecule has 0 atom stereocenters. The Morgan fingerprint density at radius 3 is 2.53 bits per heavy atom. The molecule has 4 nitrogen and oxygen atoms in total. The first kappa shape index (κ1) is 13.4. The highest BCUT2D eigenvalue weighted by Gasteiger charge is 2.15. The van der Waals surface area contributed by atoms with Crippen LogP contribution in [0.4, 0.5) is 0 Å². The quantitative estimate of drug-likeness (QED) is 0.774. The predicted octanol–water partition coefficient (Wildman–Crippen LogP) is 1.15. The van der Waals surface area contributed by atoms with Gasteiger partial charge in [-0.2, -0.15) is 0 Å². The van der Waals surface area contributed by atoms with E-state index in [1.807, 2.05) is 0 Å². The zero-order valence-corrected chi connectivity index (χ0v) is 10.2. The third-order valence-electron chi connectivity index (χ3n) is 2.14. The van der Waals surface area contributed by atoms with Gasteiger partial charge in [-0.15, -0.1) is 6.58 Å². The molecular formula is C12H15NO3S. The molecule has 0 saturated carbocycles. The van der Waals surface area contributed by atoms with Gasteiger partial charge in [0, 0.05) is 13.0 Å². The highest BCUT2D eigenvalue weighted by Crippen LogP contribution is 2.10. The normalized spacial score (nSPS) is 10.8. The lowest BCUT2D eigenvalue weighted by Gasteiger charge is -2.04. The minimum atomic E-state index is -3.37. The van der Waals surface area contributed by atoms with E-state index in [1.165, 1.54) is 12.1 Å². The van der Waals surface area contributed by atoms with E-state index < -0.39 is 9.84 Å². The molecule has 0 fully saturated rings. The average Bonchev–Trinajstić information content (AvgIpc) is 2.35. The first-order valence-corrected chi connectivity index (χ1v) is 6.87. The minimum absolute atomic E-state index is 0.0366. The number of carbonyl (C=O) groups is 1. The molecule has 0 aliphatic rings. The lowest BCUT2D eigenvalue weighted by molar-refractivity contribution is -0.120. The molecule has 0 radical (unpaired) electrons. The second-order valence-corrected chi connectivity index (χ2v) is 5.58. The SMILES string of the molecule is C=CCNC(=O)CCS(=O)(=O)c1ccccc1. The van der Waals surface area contributed by atoms with Gasteiger partial charge < -0.3 is 5.32 Å². The van der Waals surface area contributed by atoms with E-state index in [2.05, 4.69) is 11.9 Å². The first-order valence-electron chi connectivity index (χ1n) is 5.21. The molecule has 0 aliphatic heterocycles. The molecule has 17 heavy (non-hydrogen) atoms. The van der Waals surface area contributed by atoms with Crippen LogP contribution in [0.25, 0.3) is 0 Å². The number of nitrogens with one attached hydrogen (secondary N) is 1. The summed E-state index contributed by atoms with van der Waals surface area (Å²) in [7, 11) is -3.37. The summed E-state index contributed by atoms with van der Waals surface area (Å²) in [6.07, 6.45) is 1.51. The van der Waals surface area contributed by atoms with Gasteiger partial charge in [-0.3, -0.25) is 4.79 Å². The molecule has 0 aromatic heterocycles. The average molecular weight is 253 g/mol. The molecule has 1 aromatic rings. The number of sulfone groups is 1. The zero-order chi connectivity index (χ0) is 12.7. The van der Waals surface area contributed by atoms with Gasteiger partial charge in [0.05, 0.1) is 10.6 Å². The minimum Gasteiger partial charge on any atom is -0.353 e. The van der Waals surface area contributed by atoms with Crippen LogP contribution in [0.1, 0.15) is 6.42 Å². The zero-order valence-electron chi connectivity index (χ0n) is 9.43. The van der Waals surface area contributed by atoms with Gasteiger partial charge in [0.25, 0.3) is 0 Å². The Hall–Kier alpha value is -1.62. The van der Waals surface area contributed by atoms with Crippen molar-refractivity contribution in [3.05, 3.63) is 43.0 Å². The second-order valence-electron chi connectivity index (χ2n) is 3.47. The van der Waals surface area contributed by atoms with Crippen molar-refractivity contribution in [3.8, 4) is 0 Å². The van der Waals surface area contributed by atoms with Crippen LogP contribution in [0, 0.1) is 0 Å². The van der Waals surface area contributed by atoms with Gasteiger partial charge in [-0.05, 0) is 12.1 Å². The maximum atomic E-state index is 11.8. The molecule has 1 rings (SSSR count). The fourth-order valence-electron chi connectivity index (χ4n) is 1.25. The molecule has 0 spiro atoms. The third kappa shape index (κ3) is 4.40. The molecule has 1 N–H and O–H groups in total. The first-order chi connectivity index (χ1) is 8.06. The van der Waals surface area contributed by atoms with Crippen LogP contribution in [0.3, 0.4) is 0 Å². The molecular weight excluding hydrogens is 238 g/mol. The standard InChI is InChI=1S/C12H15NO3S/c1-2-9-13-12(14)8-10-17(15,16)11-6-4-3-5-7-11/h2-7H,1,8-10H2,(H,13,14). The van der Waals surface area contributed by atoms with Crippen molar-refractivity contribution in [2.75, 3.05) is 12.3 Å². The Morgan fingerprint density at radius 1 is 1.29 bits per heavy atom. The molecule has 0 aliphatic carbocycles. The van der Waals surface area contributed by atoms with E-state index >= 15 is 0 Å². The Kier molecular flexibility index (Phi) is 4.90. The molecule has 0 bridgehead atoms. The molecule has 0 saturated heterocycles. The van der Waals surface area contributed by atoms with Crippen LogP contribution >= 0.6 is 0 Å². The van der Waals surface area contributed by atoms with Gasteiger partial charge in [-0.1, -0.05) is 24.3 Å². The summed E-state index contributed by atoms with van der Waals surface area (Å²) in [6, 6.07) is 8.11. The van der Waals surface area contributed by atoms with Crippen LogP contribution in [0.5, 0.6) is 0 Å². The highest BCUT2D eigenvalue weighted by molar-refractivity contribution is 7.91. The summed E-state index contributed by atoms with van der Waals surface area (Å²) < 4.78 is 23.6. The van der Waals surface area contributed by atoms with E-state index in [1.54, 1.807) is 24.3 Å². The summed E-state index contributed by atoms with van der Waals surface area (Å²) >= 11 is 0. The third-order valence-corrected chi connectivity index (χ3v) is 3.88. The fourth-order valence-corrected chi connectivity index (χ4v) is 2.51. The van der Waals surface area contributed by atoms with E-state index in [9.17, 15) is 13.2 Å². The molecule has 0 unspecified atom stereocenters. The van der Waals surface area contributed by atoms with Crippen LogP contribution in [0.15, 0.2) is 47.9 Å². The van der Waals surface area contributed by atoms with Crippen molar-refractivity contribution >= 4 is 15.7 Å². The number of amides is 1. The Bertz CT molecular complexity index is 480. The Balaban J connectivity index is 2.57. The number of rotatable bonds is 6. The molecule has 0 heterocycles. The summed E-state index contributed by atoms with van der Waals surface area (Å²) in [5, 5.41) is 2.53. The second kappa shape index (κ2) is 6.20. The smallest absolute Gasteiger partial charge is 0.221 e. The topological polar surface area (TPSA) is 63.2 Å². The van der Waals surface area contributed by atoms with Gasteiger partial charge in [0.15, 0.2) is 9.84 Å². The van der Waals surface area contributed by atoms with Crippen molar-refractivity contribution < 1.29 is 13.2 Å². The number of hydrogen-bond acceptors (Lipinski definition) is 3. The van der Waals surface area contributed by atoms with Crippen LogP contribution in [0.2, 0.25) is 0 Å². The lowest BCUT2D eigenvalue weighted by atomic mass is 10.4. The maximum Gasteiger partial charge on any atom is 0.221 e. The van der Waals surface area contributed by atoms with E-state index in [0.717, 1.165) is 0 Å². The van der Waals surface area contributed by atoms with E-state index in [0.29, 0.717) is 6.54 Å². The van der Waals surface area contributed by atoms with E-state index in [-0.39, 0.29) is 23.0 Å². The summed E-state index contributed by atoms with van der Waals surface area (Å²) in [5.74, 6) is -0.468. The lowest BCUT2D eigenvalue weighted by Crippen LogP contribution is -2.25. The van der Waals surface area contributed by atoms with Crippen molar-refractivity contribution in [1.82, 2.24) is 5.32 Å². The summed E-state index contributed by atoms with van der Waals surface area (Å²) in [6.45, 7) is 3.81. The number of carbonyl (C=O) groups excluding carboxylic acids is 1. The van der Waals surface area contributed by atoms with Crippen LogP contribution in [-0.2, 0) is 14.6 Å². The van der Waals surface area contributed by atoms with Gasteiger partial charge in [0.1, 0.15) is 0 Å². The predicted molar refractivity (Wildman–Crippen MR) is 66.3 cm³/mol. The van der Waals surface area contributed by atoms with Crippen LogP contribution in [-0.4, -0.2) is 26.6 Å². The number of hydrogen-bond donors (Lipinski definition) is 1. The molecule has 1 aromatic carbocycles. The molecule has 1 amide bonds. The Labute approximate surface area is 101 Å². The van der Waals surface area contributed by atoms with Crippen molar-refractivity contribution in [2.45, 2.75) is 11.3 Å². The monoisotopic (exact) mass is 253 g/mol. The summed E-state index contributed by atoms with van der Waals surface area (Å²) in [4.78, 5) is 11.5.